The summed E-state index contributed by atoms with van der Waals surface area (Å²) in [6.07, 6.45) is 3.42. The van der Waals surface area contributed by atoms with Gasteiger partial charge in [-0.15, -0.1) is 21.5 Å². The van der Waals surface area contributed by atoms with Crippen LogP contribution in [0.5, 0.6) is 0 Å². The van der Waals surface area contributed by atoms with Gasteiger partial charge >= 0.3 is 0 Å². The molecule has 0 radical (unpaired) electrons. The van der Waals surface area contributed by atoms with Gasteiger partial charge in [0.15, 0.2) is 11.0 Å². The third-order valence-electron chi connectivity index (χ3n) is 4.63. The highest BCUT2D eigenvalue weighted by Gasteiger charge is 2.21. The molecule has 0 amide bonds. The van der Waals surface area contributed by atoms with Gasteiger partial charge in [-0.05, 0) is 35.9 Å². The molecule has 4 heterocycles. The van der Waals surface area contributed by atoms with Crippen molar-refractivity contribution in [2.45, 2.75) is 17.5 Å². The number of fused-ring (bicyclic) bond motifs is 1. The second kappa shape index (κ2) is 8.14. The zero-order valence-corrected chi connectivity index (χ0v) is 18.0. The second-order valence-electron chi connectivity index (χ2n) is 6.55. The third-order valence-corrected chi connectivity index (χ3v) is 7.14. The van der Waals surface area contributed by atoms with E-state index < -0.39 is 0 Å². The first-order chi connectivity index (χ1) is 14.7. The normalized spacial score (nSPS) is 11.4. The molecule has 150 valence electrons. The van der Waals surface area contributed by atoms with Crippen LogP contribution in [0.3, 0.4) is 0 Å². The summed E-state index contributed by atoms with van der Waals surface area (Å²) in [5, 5.41) is 11.4. The van der Waals surface area contributed by atoms with Crippen LogP contribution >= 0.6 is 34.7 Å². The molecule has 5 aromatic rings. The molecule has 4 aromatic heterocycles. The molecule has 0 saturated carbocycles. The SMILES string of the molecule is Nc1c(-c2nnc(SCc3ccccc3Cl)n2Cc2ccco2)sc2ncccc12. The van der Waals surface area contributed by atoms with E-state index in [2.05, 4.69) is 15.2 Å². The first kappa shape index (κ1) is 19.2. The van der Waals surface area contributed by atoms with Crippen LogP contribution in [0.25, 0.3) is 20.9 Å². The van der Waals surface area contributed by atoms with Crippen molar-refractivity contribution in [3.8, 4) is 10.7 Å². The van der Waals surface area contributed by atoms with Gasteiger partial charge in [0.2, 0.25) is 0 Å². The van der Waals surface area contributed by atoms with Crippen molar-refractivity contribution in [2.24, 2.45) is 0 Å². The molecule has 5 rings (SSSR count). The number of nitrogen functional groups attached to an aromatic ring is 1. The number of nitrogens with two attached hydrogens (primary N) is 1. The topological polar surface area (TPSA) is 82.8 Å². The van der Waals surface area contributed by atoms with E-state index in [0.717, 1.165) is 36.6 Å². The Morgan fingerprint density at radius 2 is 2.00 bits per heavy atom. The summed E-state index contributed by atoms with van der Waals surface area (Å²) in [5.74, 6) is 2.20. The number of aromatic nitrogens is 4. The van der Waals surface area contributed by atoms with Crippen LogP contribution in [0.1, 0.15) is 11.3 Å². The lowest BCUT2D eigenvalue weighted by atomic mass is 10.2. The van der Waals surface area contributed by atoms with E-state index in [1.165, 1.54) is 11.3 Å². The monoisotopic (exact) mass is 453 g/mol. The molecule has 2 N–H and O–H groups in total. The number of rotatable bonds is 6. The number of furan rings is 1. The number of thioether (sulfide) groups is 1. The van der Waals surface area contributed by atoms with E-state index >= 15 is 0 Å². The highest BCUT2D eigenvalue weighted by molar-refractivity contribution is 7.98. The molecule has 0 bridgehead atoms. The van der Waals surface area contributed by atoms with Gasteiger partial charge < -0.3 is 10.2 Å². The number of halogens is 1. The van der Waals surface area contributed by atoms with Crippen molar-refractivity contribution >= 4 is 50.6 Å². The molecule has 0 spiro atoms. The maximum Gasteiger partial charge on any atom is 0.192 e. The van der Waals surface area contributed by atoms with E-state index in [1.54, 1.807) is 24.2 Å². The molecule has 0 saturated heterocycles. The Bertz CT molecular complexity index is 1310. The summed E-state index contributed by atoms with van der Waals surface area (Å²) in [5.41, 5.74) is 8.16. The number of pyridine rings is 1. The summed E-state index contributed by atoms with van der Waals surface area (Å²) >= 11 is 9.41. The molecular formula is C21H16ClN5OS2. The van der Waals surface area contributed by atoms with Crippen molar-refractivity contribution < 1.29 is 4.42 Å². The van der Waals surface area contributed by atoms with E-state index in [-0.39, 0.29) is 0 Å². The summed E-state index contributed by atoms with van der Waals surface area (Å²) in [7, 11) is 0. The quantitative estimate of drug-likeness (QED) is 0.331. The van der Waals surface area contributed by atoms with E-state index in [1.807, 2.05) is 53.1 Å². The van der Waals surface area contributed by atoms with Crippen molar-refractivity contribution in [3.63, 3.8) is 0 Å². The van der Waals surface area contributed by atoms with Gasteiger partial charge in [0, 0.05) is 22.4 Å². The third kappa shape index (κ3) is 3.58. The predicted octanol–water partition coefficient (Wildman–Crippen LogP) is 5.72. The molecule has 0 aliphatic carbocycles. The number of anilines is 1. The molecule has 0 fully saturated rings. The maximum absolute atomic E-state index is 6.45. The summed E-state index contributed by atoms with van der Waals surface area (Å²) in [4.78, 5) is 6.16. The van der Waals surface area contributed by atoms with Gasteiger partial charge in [0.1, 0.15) is 10.6 Å². The van der Waals surface area contributed by atoms with Gasteiger partial charge in [-0.25, -0.2) is 4.98 Å². The van der Waals surface area contributed by atoms with Crippen molar-refractivity contribution in [1.82, 2.24) is 19.7 Å². The number of hydrogen-bond donors (Lipinski definition) is 1. The highest BCUT2D eigenvalue weighted by atomic mass is 35.5. The first-order valence-corrected chi connectivity index (χ1v) is 11.3. The number of nitrogens with zero attached hydrogens (tertiary/aromatic N) is 4. The molecule has 1 aromatic carbocycles. The maximum atomic E-state index is 6.45. The lowest BCUT2D eigenvalue weighted by Gasteiger charge is -2.09. The van der Waals surface area contributed by atoms with E-state index in [0.29, 0.717) is 23.8 Å². The van der Waals surface area contributed by atoms with Gasteiger partial charge in [0.05, 0.1) is 23.4 Å². The summed E-state index contributed by atoms with van der Waals surface area (Å²) in [6.45, 7) is 0.501. The zero-order valence-electron chi connectivity index (χ0n) is 15.7. The molecular weight excluding hydrogens is 438 g/mol. The number of benzene rings is 1. The zero-order chi connectivity index (χ0) is 20.5. The number of hydrogen-bond acceptors (Lipinski definition) is 7. The summed E-state index contributed by atoms with van der Waals surface area (Å²) in [6, 6.07) is 15.5. The predicted molar refractivity (Wildman–Crippen MR) is 122 cm³/mol. The number of thiophene rings is 1. The molecule has 0 aliphatic rings. The molecule has 0 aliphatic heterocycles. The minimum absolute atomic E-state index is 0.501. The highest BCUT2D eigenvalue weighted by Crippen LogP contribution is 2.40. The van der Waals surface area contributed by atoms with Crippen molar-refractivity contribution in [2.75, 3.05) is 5.73 Å². The Kier molecular flexibility index (Phi) is 5.20. The second-order valence-corrected chi connectivity index (χ2v) is 8.90. The van der Waals surface area contributed by atoms with Crippen LogP contribution in [0, 0.1) is 0 Å². The molecule has 30 heavy (non-hydrogen) atoms. The van der Waals surface area contributed by atoms with Crippen LogP contribution in [0.2, 0.25) is 5.02 Å². The minimum atomic E-state index is 0.501. The largest absolute Gasteiger partial charge is 0.467 e. The lowest BCUT2D eigenvalue weighted by Crippen LogP contribution is -2.04. The lowest BCUT2D eigenvalue weighted by molar-refractivity contribution is 0.485. The van der Waals surface area contributed by atoms with E-state index in [4.69, 9.17) is 21.8 Å². The fourth-order valence-corrected chi connectivity index (χ4v) is 5.42. The Morgan fingerprint density at radius 3 is 2.80 bits per heavy atom. The standard InChI is InChI=1S/C21H16ClN5OS2/c22-16-8-2-1-5-13(16)12-29-21-26-25-19(27(21)11-14-6-4-10-28-14)18-17(23)15-7-3-9-24-20(15)30-18/h1-10H,11-12,23H2. The van der Waals surface area contributed by atoms with Crippen molar-refractivity contribution in [3.05, 3.63) is 77.3 Å². The van der Waals surface area contributed by atoms with Crippen LogP contribution in [-0.4, -0.2) is 19.7 Å². The fraction of sp³-hybridized carbons (Fsp3) is 0.0952. The van der Waals surface area contributed by atoms with Crippen LogP contribution in [0.4, 0.5) is 5.69 Å². The Labute approximate surface area is 185 Å². The molecule has 9 heteroatoms. The molecule has 0 atom stereocenters. The van der Waals surface area contributed by atoms with Gasteiger partial charge in [-0.1, -0.05) is 41.6 Å². The average Bonchev–Trinajstić information content (AvgIpc) is 3.48. The molecule has 0 unspecified atom stereocenters. The minimum Gasteiger partial charge on any atom is -0.467 e. The van der Waals surface area contributed by atoms with Crippen molar-refractivity contribution in [1.29, 1.82) is 0 Å². The fourth-order valence-electron chi connectivity index (χ4n) is 3.14. The van der Waals surface area contributed by atoms with Crippen LogP contribution in [-0.2, 0) is 12.3 Å². The van der Waals surface area contributed by atoms with E-state index in [9.17, 15) is 0 Å². The Hall–Kier alpha value is -2.81. The summed E-state index contributed by atoms with van der Waals surface area (Å²) < 4.78 is 7.61. The smallest absolute Gasteiger partial charge is 0.192 e. The Morgan fingerprint density at radius 1 is 1.10 bits per heavy atom. The van der Waals surface area contributed by atoms with Gasteiger partial charge in [-0.2, -0.15) is 0 Å². The first-order valence-electron chi connectivity index (χ1n) is 9.16. The van der Waals surface area contributed by atoms with Crippen LogP contribution in [0.15, 0.2) is 70.6 Å². The van der Waals surface area contributed by atoms with Crippen LogP contribution < -0.4 is 5.73 Å². The Balaban J connectivity index is 1.55. The average molecular weight is 454 g/mol. The van der Waals surface area contributed by atoms with Gasteiger partial charge in [0.25, 0.3) is 0 Å². The molecule has 6 nitrogen and oxygen atoms in total. The van der Waals surface area contributed by atoms with Gasteiger partial charge in [-0.3, -0.25) is 4.57 Å².